The van der Waals surface area contributed by atoms with Gasteiger partial charge in [0.05, 0.1) is 0 Å². The fourth-order valence-electron chi connectivity index (χ4n) is 1.72. The maximum Gasteiger partial charge on any atom is 0.326 e. The molecule has 0 radical (unpaired) electrons. The van der Waals surface area contributed by atoms with Crippen LogP contribution in [-0.2, 0) is 14.8 Å². The van der Waals surface area contributed by atoms with Crippen LogP contribution in [0.5, 0.6) is 0 Å². The molecule has 0 saturated heterocycles. The molecule has 0 fully saturated rings. The Hall–Kier alpha value is -2.77. The van der Waals surface area contributed by atoms with Gasteiger partial charge in [0.25, 0.3) is 10.0 Å². The number of benzene rings is 1. The molecule has 1 heterocycles. The van der Waals surface area contributed by atoms with Crippen molar-refractivity contribution in [1.82, 2.24) is 4.72 Å². The van der Waals surface area contributed by atoms with Gasteiger partial charge in [0.15, 0.2) is 0 Å². The summed E-state index contributed by atoms with van der Waals surface area (Å²) in [6.07, 6.45) is 0. The molecule has 0 amide bonds. The van der Waals surface area contributed by atoms with E-state index in [9.17, 15) is 22.0 Å². The van der Waals surface area contributed by atoms with E-state index >= 15 is 0 Å². The van der Waals surface area contributed by atoms with E-state index in [1.165, 1.54) is 0 Å². The van der Waals surface area contributed by atoms with Crippen LogP contribution in [0.3, 0.4) is 0 Å². The van der Waals surface area contributed by atoms with Crippen molar-refractivity contribution in [3.8, 4) is 6.07 Å². The Morgan fingerprint density at radius 1 is 1.30 bits per heavy atom. The minimum absolute atomic E-state index is 0.311. The largest absolute Gasteiger partial charge is 0.480 e. The topological polar surface area (TPSA) is 120 Å². The Kier molecular flexibility index (Phi) is 4.44. The van der Waals surface area contributed by atoms with Gasteiger partial charge in [0.1, 0.15) is 23.7 Å². The molecule has 0 aliphatic carbocycles. The summed E-state index contributed by atoms with van der Waals surface area (Å²) in [7, 11) is -4.51. The molecule has 0 aliphatic heterocycles. The predicted octanol–water partition coefficient (Wildman–Crippen LogP) is 1.53. The maximum absolute atomic E-state index is 13.7. The molecule has 10 heteroatoms. The van der Waals surface area contributed by atoms with E-state index in [0.29, 0.717) is 12.1 Å². The van der Waals surface area contributed by atoms with Gasteiger partial charge in [-0.2, -0.15) is 9.98 Å². The first-order valence-corrected chi connectivity index (χ1v) is 7.43. The van der Waals surface area contributed by atoms with Crippen molar-refractivity contribution in [2.75, 3.05) is 0 Å². The zero-order chi connectivity index (χ0) is 17.2. The second kappa shape index (κ2) is 6.15. The van der Waals surface area contributed by atoms with Crippen molar-refractivity contribution >= 4 is 16.0 Å². The summed E-state index contributed by atoms with van der Waals surface area (Å²) >= 11 is 0. The van der Waals surface area contributed by atoms with Crippen LogP contribution in [0.25, 0.3) is 0 Å². The Morgan fingerprint density at radius 2 is 2.00 bits per heavy atom. The van der Waals surface area contributed by atoms with Gasteiger partial charge in [-0.15, -0.1) is 0 Å². The monoisotopic (exact) mass is 342 g/mol. The third-order valence-corrected chi connectivity index (χ3v) is 4.04. The summed E-state index contributed by atoms with van der Waals surface area (Å²) in [5.41, 5.74) is -0.701. The highest BCUT2D eigenvalue weighted by Gasteiger charge is 2.31. The number of furan rings is 1. The van der Waals surface area contributed by atoms with Gasteiger partial charge in [-0.05, 0) is 30.3 Å². The van der Waals surface area contributed by atoms with Gasteiger partial charge < -0.3 is 9.52 Å². The fourth-order valence-corrected chi connectivity index (χ4v) is 2.82. The van der Waals surface area contributed by atoms with E-state index in [2.05, 4.69) is 0 Å². The van der Waals surface area contributed by atoms with Crippen LogP contribution >= 0.6 is 0 Å². The molecule has 0 saturated carbocycles. The van der Waals surface area contributed by atoms with E-state index in [0.717, 1.165) is 18.2 Å². The molecule has 1 aromatic carbocycles. The number of sulfonamides is 1. The zero-order valence-corrected chi connectivity index (χ0v) is 12.0. The van der Waals surface area contributed by atoms with Crippen LogP contribution in [0.4, 0.5) is 8.78 Å². The highest BCUT2D eigenvalue weighted by atomic mass is 32.2. The summed E-state index contributed by atoms with van der Waals surface area (Å²) in [4.78, 5) is 11.2. The molecule has 1 aromatic heterocycles. The third-order valence-electron chi connectivity index (χ3n) is 2.75. The lowest BCUT2D eigenvalue weighted by molar-refractivity contribution is -0.139. The molecule has 2 N–H and O–H groups in total. The second-order valence-corrected chi connectivity index (χ2v) is 5.93. The molecule has 0 aliphatic rings. The van der Waals surface area contributed by atoms with Gasteiger partial charge in [0, 0.05) is 5.56 Å². The molecule has 2 aromatic rings. The second-order valence-electron chi connectivity index (χ2n) is 4.29. The van der Waals surface area contributed by atoms with Gasteiger partial charge in [-0.1, -0.05) is 0 Å². The van der Waals surface area contributed by atoms with Gasteiger partial charge in [-0.25, -0.2) is 17.2 Å². The highest BCUT2D eigenvalue weighted by molar-refractivity contribution is 7.89. The van der Waals surface area contributed by atoms with E-state index in [4.69, 9.17) is 14.8 Å². The standard InChI is InChI=1S/C13H8F2N2O5S/c14-7-1-3-10(15)9(5-7)12(13(18)19)17-23(20,21)11-4-2-8(6-16)22-11/h1-5,12,17H,(H,18,19). The van der Waals surface area contributed by atoms with Gasteiger partial charge in [-0.3, -0.25) is 4.79 Å². The minimum Gasteiger partial charge on any atom is -0.480 e. The van der Waals surface area contributed by atoms with Crippen molar-refractivity contribution in [3.05, 3.63) is 53.3 Å². The molecular weight excluding hydrogens is 334 g/mol. The van der Waals surface area contributed by atoms with Crippen molar-refractivity contribution in [3.63, 3.8) is 0 Å². The van der Waals surface area contributed by atoms with Crippen LogP contribution in [0.2, 0.25) is 0 Å². The van der Waals surface area contributed by atoms with Crippen molar-refractivity contribution in [2.45, 2.75) is 11.1 Å². The number of nitriles is 1. The van der Waals surface area contributed by atoms with Crippen LogP contribution in [0.15, 0.2) is 39.8 Å². The first-order valence-electron chi connectivity index (χ1n) is 5.94. The molecule has 120 valence electrons. The lowest BCUT2D eigenvalue weighted by atomic mass is 10.1. The summed E-state index contributed by atoms with van der Waals surface area (Å²) in [6, 6.07) is 3.48. The molecular formula is C13H8F2N2O5S. The Balaban J connectivity index is 2.42. The number of halogens is 2. The molecule has 23 heavy (non-hydrogen) atoms. The number of rotatable bonds is 5. The number of carbonyl (C=O) groups is 1. The number of carboxylic acid groups (broad SMARTS) is 1. The van der Waals surface area contributed by atoms with Gasteiger partial charge >= 0.3 is 5.97 Å². The summed E-state index contributed by atoms with van der Waals surface area (Å²) in [6.45, 7) is 0. The number of nitrogens with zero attached hydrogens (tertiary/aromatic N) is 1. The number of nitrogens with one attached hydrogen (secondary N) is 1. The SMILES string of the molecule is N#Cc1ccc(S(=O)(=O)NC(C(=O)O)c2cc(F)ccc2F)o1. The van der Waals surface area contributed by atoms with Crippen LogP contribution in [0.1, 0.15) is 17.4 Å². The number of carboxylic acids is 1. The molecule has 1 unspecified atom stereocenters. The average Bonchev–Trinajstić information content (AvgIpc) is 2.97. The summed E-state index contributed by atoms with van der Waals surface area (Å²) in [5, 5.41) is 17.0. The molecule has 7 nitrogen and oxygen atoms in total. The molecule has 0 spiro atoms. The number of hydrogen-bond acceptors (Lipinski definition) is 5. The predicted molar refractivity (Wildman–Crippen MR) is 70.5 cm³/mol. The maximum atomic E-state index is 13.7. The molecule has 2 rings (SSSR count). The Morgan fingerprint density at radius 3 is 2.57 bits per heavy atom. The minimum atomic E-state index is -4.51. The highest BCUT2D eigenvalue weighted by Crippen LogP contribution is 2.22. The summed E-state index contributed by atoms with van der Waals surface area (Å²) < 4.78 is 57.4. The normalized spacial score (nSPS) is 12.6. The Bertz CT molecular complexity index is 901. The fraction of sp³-hybridized carbons (Fsp3) is 0.0769. The lowest BCUT2D eigenvalue weighted by Crippen LogP contribution is -2.34. The van der Waals surface area contributed by atoms with Gasteiger partial charge in [0.2, 0.25) is 10.9 Å². The quantitative estimate of drug-likeness (QED) is 0.850. The summed E-state index contributed by atoms with van der Waals surface area (Å²) in [5.74, 6) is -4.09. The number of hydrogen-bond donors (Lipinski definition) is 2. The first-order chi connectivity index (χ1) is 10.7. The average molecular weight is 342 g/mol. The van der Waals surface area contributed by atoms with Crippen LogP contribution < -0.4 is 4.72 Å². The zero-order valence-electron chi connectivity index (χ0n) is 11.2. The van der Waals surface area contributed by atoms with Crippen molar-refractivity contribution in [2.24, 2.45) is 0 Å². The van der Waals surface area contributed by atoms with E-state index in [1.807, 2.05) is 0 Å². The van der Waals surface area contributed by atoms with Crippen molar-refractivity contribution < 1.29 is 31.5 Å². The van der Waals surface area contributed by atoms with E-state index in [1.54, 1.807) is 10.8 Å². The van der Waals surface area contributed by atoms with E-state index in [-0.39, 0.29) is 5.76 Å². The first kappa shape index (κ1) is 16.6. The smallest absolute Gasteiger partial charge is 0.326 e. The van der Waals surface area contributed by atoms with Crippen LogP contribution in [-0.4, -0.2) is 19.5 Å². The lowest BCUT2D eigenvalue weighted by Gasteiger charge is -2.14. The number of aliphatic carboxylic acids is 1. The Labute approximate surface area is 128 Å². The molecule has 0 bridgehead atoms. The molecule has 1 atom stereocenters. The van der Waals surface area contributed by atoms with Crippen LogP contribution in [0, 0.1) is 23.0 Å². The van der Waals surface area contributed by atoms with Crippen molar-refractivity contribution in [1.29, 1.82) is 5.26 Å². The third kappa shape index (κ3) is 3.53. The van der Waals surface area contributed by atoms with E-state index < -0.39 is 44.3 Å².